The van der Waals surface area contributed by atoms with E-state index in [4.69, 9.17) is 17.0 Å². The van der Waals surface area contributed by atoms with Gasteiger partial charge >= 0.3 is 5.97 Å². The lowest BCUT2D eigenvalue weighted by Gasteiger charge is -2.31. The summed E-state index contributed by atoms with van der Waals surface area (Å²) in [7, 11) is 0. The molecule has 0 radical (unpaired) electrons. The summed E-state index contributed by atoms with van der Waals surface area (Å²) in [4.78, 5) is 27.5. The number of nitrogens with zero attached hydrogens (tertiary/aromatic N) is 1. The Morgan fingerprint density at radius 3 is 2.54 bits per heavy atom. The average molecular weight is 376 g/mol. The van der Waals surface area contributed by atoms with E-state index >= 15 is 0 Å². The third-order valence-corrected chi connectivity index (χ3v) is 5.05. The van der Waals surface area contributed by atoms with Crippen molar-refractivity contribution in [3.8, 4) is 0 Å². The second-order valence-corrected chi connectivity index (χ2v) is 8.45. The molecule has 0 saturated carbocycles. The normalized spacial score (nSPS) is 18.5. The van der Waals surface area contributed by atoms with Gasteiger partial charge in [0.05, 0.1) is 4.99 Å². The van der Waals surface area contributed by atoms with Gasteiger partial charge in [-0.2, -0.15) is 0 Å². The van der Waals surface area contributed by atoms with Gasteiger partial charge in [-0.1, -0.05) is 49.5 Å². The number of thiocarbonyl (C=S) groups is 1. The SMILES string of the molecule is CC(CC(=O)Cc1ccccc1)C(=S)N1CCC[C@H]1C(=O)OC(C)(C)C. The number of carbonyl (C=O) groups is 2. The molecular formula is C21H29NO3S. The van der Waals surface area contributed by atoms with Crippen molar-refractivity contribution in [2.45, 2.75) is 65.0 Å². The minimum absolute atomic E-state index is 0.0655. The van der Waals surface area contributed by atoms with Crippen molar-refractivity contribution in [2.75, 3.05) is 6.54 Å². The Labute approximate surface area is 161 Å². The van der Waals surface area contributed by atoms with Gasteiger partial charge in [-0.25, -0.2) is 4.79 Å². The molecular weight excluding hydrogens is 346 g/mol. The Morgan fingerprint density at radius 1 is 1.27 bits per heavy atom. The summed E-state index contributed by atoms with van der Waals surface area (Å²) >= 11 is 5.62. The molecule has 0 amide bonds. The number of ketones is 1. The van der Waals surface area contributed by atoms with Gasteiger partial charge in [-0.3, -0.25) is 4.79 Å². The highest BCUT2D eigenvalue weighted by Gasteiger charge is 2.36. The van der Waals surface area contributed by atoms with Crippen LogP contribution in [0.4, 0.5) is 0 Å². The standard InChI is InChI=1S/C21H29NO3S/c1-15(13-17(23)14-16-9-6-5-7-10-16)19(26)22-12-8-11-18(22)20(24)25-21(2,3)4/h5-7,9-10,15,18H,8,11-14H2,1-4H3/t15?,18-/m0/s1. The van der Waals surface area contributed by atoms with Crippen LogP contribution in [-0.4, -0.2) is 39.8 Å². The number of benzene rings is 1. The van der Waals surface area contributed by atoms with Gasteiger partial charge < -0.3 is 9.64 Å². The molecule has 0 aliphatic carbocycles. The first-order valence-corrected chi connectivity index (χ1v) is 9.67. The second kappa shape index (κ2) is 8.76. The maximum absolute atomic E-state index is 12.5. The average Bonchev–Trinajstić information content (AvgIpc) is 3.03. The van der Waals surface area contributed by atoms with E-state index in [0.29, 0.717) is 17.8 Å². The zero-order chi connectivity index (χ0) is 19.3. The fourth-order valence-corrected chi connectivity index (χ4v) is 3.55. The van der Waals surface area contributed by atoms with Crippen LogP contribution in [-0.2, 0) is 20.7 Å². The summed E-state index contributed by atoms with van der Waals surface area (Å²) in [6.45, 7) is 8.32. The van der Waals surface area contributed by atoms with Crippen LogP contribution in [0.1, 0.15) is 52.5 Å². The van der Waals surface area contributed by atoms with E-state index in [1.807, 2.05) is 62.9 Å². The van der Waals surface area contributed by atoms with Crippen molar-refractivity contribution in [1.82, 2.24) is 4.90 Å². The van der Waals surface area contributed by atoms with Gasteiger partial charge in [-0.15, -0.1) is 0 Å². The quantitative estimate of drug-likeness (QED) is 0.556. The topological polar surface area (TPSA) is 46.6 Å². The van der Waals surface area contributed by atoms with Crippen molar-refractivity contribution in [3.63, 3.8) is 0 Å². The largest absolute Gasteiger partial charge is 0.458 e. The molecule has 0 aromatic heterocycles. The smallest absolute Gasteiger partial charge is 0.329 e. The number of hydrogen-bond acceptors (Lipinski definition) is 4. The molecule has 1 fully saturated rings. The summed E-state index contributed by atoms with van der Waals surface area (Å²) in [5.41, 5.74) is 0.507. The molecule has 5 heteroatoms. The first-order chi connectivity index (χ1) is 12.2. The van der Waals surface area contributed by atoms with Gasteiger partial charge in [0.25, 0.3) is 0 Å². The maximum atomic E-state index is 12.5. The third-order valence-electron chi connectivity index (χ3n) is 4.41. The summed E-state index contributed by atoms with van der Waals surface area (Å²) in [5.74, 6) is -0.122. The van der Waals surface area contributed by atoms with E-state index in [-0.39, 0.29) is 23.7 Å². The number of Topliss-reactive ketones (excluding diaryl/α,β-unsaturated/α-hetero) is 1. The van der Waals surface area contributed by atoms with E-state index in [2.05, 4.69) is 0 Å². The number of rotatable bonds is 6. The van der Waals surface area contributed by atoms with Crippen LogP contribution in [0.5, 0.6) is 0 Å². The van der Waals surface area contributed by atoms with Gasteiger partial charge in [0.1, 0.15) is 17.4 Å². The molecule has 1 heterocycles. The van der Waals surface area contributed by atoms with Crippen LogP contribution < -0.4 is 0 Å². The van der Waals surface area contributed by atoms with Crippen molar-refractivity contribution < 1.29 is 14.3 Å². The van der Waals surface area contributed by atoms with Crippen molar-refractivity contribution in [2.24, 2.45) is 5.92 Å². The molecule has 0 N–H and O–H groups in total. The van der Waals surface area contributed by atoms with Crippen molar-refractivity contribution in [3.05, 3.63) is 35.9 Å². The minimum Gasteiger partial charge on any atom is -0.458 e. The van der Waals surface area contributed by atoms with Crippen molar-refractivity contribution in [1.29, 1.82) is 0 Å². The van der Waals surface area contributed by atoms with Gasteiger partial charge in [0.2, 0.25) is 0 Å². The second-order valence-electron chi connectivity index (χ2n) is 8.03. The van der Waals surface area contributed by atoms with E-state index in [0.717, 1.165) is 24.9 Å². The molecule has 1 saturated heterocycles. The summed E-state index contributed by atoms with van der Waals surface area (Å²) < 4.78 is 5.53. The van der Waals surface area contributed by atoms with Crippen LogP contribution in [0.15, 0.2) is 30.3 Å². The van der Waals surface area contributed by atoms with E-state index in [1.54, 1.807) is 0 Å². The van der Waals surface area contributed by atoms with Gasteiger partial charge in [-0.05, 0) is 39.2 Å². The van der Waals surface area contributed by atoms with Crippen LogP contribution >= 0.6 is 12.2 Å². The fraction of sp³-hybridized carbons (Fsp3) is 0.571. The molecule has 0 bridgehead atoms. The number of ether oxygens (including phenoxy) is 1. The number of carbonyl (C=O) groups excluding carboxylic acids is 2. The first-order valence-electron chi connectivity index (χ1n) is 9.26. The van der Waals surface area contributed by atoms with Gasteiger partial charge in [0.15, 0.2) is 0 Å². The highest BCUT2D eigenvalue weighted by Crippen LogP contribution is 2.25. The zero-order valence-corrected chi connectivity index (χ0v) is 17.0. The van der Waals surface area contributed by atoms with Gasteiger partial charge in [0, 0.05) is 25.3 Å². The Morgan fingerprint density at radius 2 is 1.92 bits per heavy atom. The molecule has 1 aromatic carbocycles. The lowest BCUT2D eigenvalue weighted by molar-refractivity contribution is -0.159. The number of hydrogen-bond donors (Lipinski definition) is 0. The molecule has 0 spiro atoms. The van der Waals surface area contributed by atoms with E-state index in [1.165, 1.54) is 0 Å². The molecule has 2 rings (SSSR count). The molecule has 4 nitrogen and oxygen atoms in total. The highest BCUT2D eigenvalue weighted by atomic mass is 32.1. The predicted molar refractivity (Wildman–Crippen MR) is 107 cm³/mol. The molecule has 1 aliphatic heterocycles. The van der Waals surface area contributed by atoms with Crippen LogP contribution in [0.3, 0.4) is 0 Å². The van der Waals surface area contributed by atoms with E-state index < -0.39 is 5.60 Å². The maximum Gasteiger partial charge on any atom is 0.329 e. The van der Waals surface area contributed by atoms with Crippen LogP contribution in [0, 0.1) is 5.92 Å². The van der Waals surface area contributed by atoms with Crippen molar-refractivity contribution >= 4 is 29.0 Å². The third kappa shape index (κ3) is 5.90. The first kappa shape index (κ1) is 20.6. The van der Waals surface area contributed by atoms with Crippen LogP contribution in [0.2, 0.25) is 0 Å². The fourth-order valence-electron chi connectivity index (χ4n) is 3.25. The molecule has 2 atom stereocenters. The summed E-state index contributed by atoms with van der Waals surface area (Å²) in [6.07, 6.45) is 2.48. The Balaban J connectivity index is 1.93. The Hall–Kier alpha value is -1.75. The molecule has 26 heavy (non-hydrogen) atoms. The zero-order valence-electron chi connectivity index (χ0n) is 16.2. The molecule has 1 aromatic rings. The summed E-state index contributed by atoms with van der Waals surface area (Å²) in [5, 5.41) is 0. The van der Waals surface area contributed by atoms with Crippen LogP contribution in [0.25, 0.3) is 0 Å². The lowest BCUT2D eigenvalue weighted by atomic mass is 9.99. The Kier molecular flexibility index (Phi) is 6.93. The Bertz CT molecular complexity index is 651. The number of esters is 1. The summed E-state index contributed by atoms with van der Waals surface area (Å²) in [6, 6.07) is 9.40. The minimum atomic E-state index is -0.510. The molecule has 1 aliphatic rings. The lowest BCUT2D eigenvalue weighted by Crippen LogP contribution is -2.45. The highest BCUT2D eigenvalue weighted by molar-refractivity contribution is 7.80. The predicted octanol–water partition coefficient (Wildman–Crippen LogP) is 3.96. The molecule has 142 valence electrons. The monoisotopic (exact) mass is 375 g/mol. The number of likely N-dealkylation sites (tertiary alicyclic amines) is 1. The molecule has 1 unspecified atom stereocenters. The van der Waals surface area contributed by atoms with E-state index in [9.17, 15) is 9.59 Å².